The smallest absolute Gasteiger partial charge is 0.106 e. The first-order valence-corrected chi connectivity index (χ1v) is 1.83. The SMILES string of the molecule is C=C.C=C.C=C.NN. The summed E-state index contributed by atoms with van der Waals surface area (Å²) in [5.41, 5.74) is 0. The molecule has 0 spiro atoms. The van der Waals surface area contributed by atoms with Crippen LogP contribution in [0.3, 0.4) is 0 Å². The van der Waals surface area contributed by atoms with Crippen LogP contribution in [-0.2, 0) is 0 Å². The molecule has 50 valence electrons. The zero-order chi connectivity index (χ0) is 8.00. The fourth-order valence-electron chi connectivity index (χ4n) is 0. The summed E-state index contributed by atoms with van der Waals surface area (Å²) in [6.45, 7) is 18.0. The Hall–Kier alpha value is -0.860. The van der Waals surface area contributed by atoms with Crippen LogP contribution in [0, 0.1) is 0 Å². The molecule has 0 heterocycles. The highest BCUT2D eigenvalue weighted by Crippen LogP contribution is 0.866. The third-order valence-electron chi connectivity index (χ3n) is 0. The molecule has 0 radical (unpaired) electrons. The maximum absolute atomic E-state index is 4.00. The average molecular weight is 116 g/mol. The second-order valence-electron chi connectivity index (χ2n) is 0. The highest BCUT2D eigenvalue weighted by molar-refractivity contribution is 4.22. The zero-order valence-corrected chi connectivity index (χ0v) is 5.40. The van der Waals surface area contributed by atoms with Crippen LogP contribution in [0.2, 0.25) is 0 Å². The van der Waals surface area contributed by atoms with E-state index in [2.05, 4.69) is 51.2 Å². The zero-order valence-electron chi connectivity index (χ0n) is 5.40. The lowest BCUT2D eigenvalue weighted by Crippen LogP contribution is -2.02. The summed E-state index contributed by atoms with van der Waals surface area (Å²) in [6, 6.07) is 0. The maximum atomic E-state index is 4.00. The summed E-state index contributed by atoms with van der Waals surface area (Å²) in [7, 11) is 0. The highest BCUT2D eigenvalue weighted by Gasteiger charge is 0.726. The van der Waals surface area contributed by atoms with Gasteiger partial charge in [-0.3, -0.25) is 11.7 Å². The van der Waals surface area contributed by atoms with Crippen LogP contribution in [0.25, 0.3) is 0 Å². The van der Waals surface area contributed by atoms with E-state index in [9.17, 15) is 0 Å². The first kappa shape index (κ1) is 27.3. The van der Waals surface area contributed by atoms with Gasteiger partial charge in [0, 0.05) is 0 Å². The minimum atomic E-state index is 3.00. The summed E-state index contributed by atoms with van der Waals surface area (Å²) in [5, 5.41) is 0. The topological polar surface area (TPSA) is 52.0 Å². The average Bonchev–Trinajstić information content (AvgIpc) is 2.03. The van der Waals surface area contributed by atoms with Gasteiger partial charge in [0.05, 0.1) is 0 Å². The molecule has 0 rings (SSSR count). The van der Waals surface area contributed by atoms with Crippen LogP contribution in [0.15, 0.2) is 39.5 Å². The summed E-state index contributed by atoms with van der Waals surface area (Å²) in [5.74, 6) is 8.00. The molecule has 0 saturated heterocycles. The van der Waals surface area contributed by atoms with Crippen molar-refractivity contribution >= 4 is 0 Å². The Kier molecular flexibility index (Phi) is 748. The van der Waals surface area contributed by atoms with Crippen LogP contribution >= 0.6 is 0 Å². The van der Waals surface area contributed by atoms with E-state index < -0.39 is 0 Å². The summed E-state index contributed by atoms with van der Waals surface area (Å²) < 4.78 is 0. The van der Waals surface area contributed by atoms with Gasteiger partial charge in [0.15, 0.2) is 0 Å². The Morgan fingerprint density at radius 1 is 0.500 bits per heavy atom. The van der Waals surface area contributed by atoms with Crippen molar-refractivity contribution in [3.63, 3.8) is 0 Å². The first-order chi connectivity index (χ1) is 4.00. The predicted octanol–water partition coefficient (Wildman–Crippen LogP) is 1.23. The Morgan fingerprint density at radius 2 is 0.500 bits per heavy atom. The van der Waals surface area contributed by atoms with Gasteiger partial charge in [-0.15, -0.1) is 39.5 Å². The fraction of sp³-hybridized carbons (Fsp3) is 0. The third-order valence-corrected chi connectivity index (χ3v) is 0. The first-order valence-electron chi connectivity index (χ1n) is 1.83. The Bertz CT molecular complexity index is 11.2. The number of hydrogen-bond donors (Lipinski definition) is 2. The molecular formula is C6H16N2. The van der Waals surface area contributed by atoms with Crippen molar-refractivity contribution in [3.8, 4) is 0 Å². The van der Waals surface area contributed by atoms with Crippen molar-refractivity contribution in [2.45, 2.75) is 0 Å². The monoisotopic (exact) mass is 116 g/mol. The Balaban J connectivity index is -0.0000000133. The van der Waals surface area contributed by atoms with Gasteiger partial charge in [-0.25, -0.2) is 0 Å². The summed E-state index contributed by atoms with van der Waals surface area (Å²) in [6.07, 6.45) is 0. The van der Waals surface area contributed by atoms with Gasteiger partial charge >= 0.3 is 0 Å². The molecule has 4 N–H and O–H groups in total. The van der Waals surface area contributed by atoms with Crippen LogP contribution < -0.4 is 11.7 Å². The standard InChI is InChI=1S/3C2H4.H4N2/c4*1-2/h4*1-2H2. The molecule has 0 unspecified atom stereocenters. The lowest BCUT2D eigenvalue weighted by molar-refractivity contribution is 1.26. The van der Waals surface area contributed by atoms with Crippen molar-refractivity contribution in [1.29, 1.82) is 0 Å². The Labute approximate surface area is 52.2 Å². The van der Waals surface area contributed by atoms with Crippen molar-refractivity contribution in [2.75, 3.05) is 0 Å². The van der Waals surface area contributed by atoms with Crippen molar-refractivity contribution in [1.82, 2.24) is 0 Å². The number of nitrogens with two attached hydrogens (primary N) is 2. The van der Waals surface area contributed by atoms with E-state index in [0.29, 0.717) is 0 Å². The number of hydrogen-bond acceptors (Lipinski definition) is 2. The van der Waals surface area contributed by atoms with Gasteiger partial charge in [-0.1, -0.05) is 0 Å². The molecular weight excluding hydrogens is 100 g/mol. The van der Waals surface area contributed by atoms with E-state index in [4.69, 9.17) is 0 Å². The van der Waals surface area contributed by atoms with Crippen LogP contribution in [0.1, 0.15) is 0 Å². The molecule has 0 saturated carbocycles. The molecule has 0 amide bonds. The molecule has 0 atom stereocenters. The van der Waals surface area contributed by atoms with Crippen LogP contribution in [-0.4, -0.2) is 0 Å². The second kappa shape index (κ2) is 219. The van der Waals surface area contributed by atoms with Crippen molar-refractivity contribution in [3.05, 3.63) is 39.5 Å². The lowest BCUT2D eigenvalue weighted by Gasteiger charge is -1.27. The van der Waals surface area contributed by atoms with E-state index >= 15 is 0 Å². The molecule has 0 bridgehead atoms. The molecule has 0 fully saturated rings. The minimum absolute atomic E-state index is 3.00. The Morgan fingerprint density at radius 3 is 0.500 bits per heavy atom. The van der Waals surface area contributed by atoms with Crippen LogP contribution in [0.4, 0.5) is 0 Å². The van der Waals surface area contributed by atoms with Gasteiger partial charge < -0.3 is 0 Å². The summed E-state index contributed by atoms with van der Waals surface area (Å²) in [4.78, 5) is 0. The second-order valence-corrected chi connectivity index (χ2v) is 0. The molecule has 0 aliphatic carbocycles. The molecule has 2 nitrogen and oxygen atoms in total. The molecule has 0 aliphatic heterocycles. The fourth-order valence-corrected chi connectivity index (χ4v) is 0. The highest BCUT2D eigenvalue weighted by atomic mass is 15.0. The van der Waals surface area contributed by atoms with Gasteiger partial charge in [0.1, 0.15) is 0 Å². The normalized spacial score (nSPS) is 2.25. The van der Waals surface area contributed by atoms with E-state index in [1.54, 1.807) is 0 Å². The van der Waals surface area contributed by atoms with E-state index in [1.165, 1.54) is 0 Å². The summed E-state index contributed by atoms with van der Waals surface area (Å²) >= 11 is 0. The molecule has 0 aliphatic rings. The van der Waals surface area contributed by atoms with E-state index in [-0.39, 0.29) is 0 Å². The molecule has 0 aromatic heterocycles. The maximum Gasteiger partial charge on any atom is -0.106 e. The molecule has 0 aromatic carbocycles. The van der Waals surface area contributed by atoms with Gasteiger partial charge in [-0.2, -0.15) is 0 Å². The molecule has 8 heavy (non-hydrogen) atoms. The third kappa shape index (κ3) is 119. The number of rotatable bonds is 0. The quantitative estimate of drug-likeness (QED) is 0.284. The van der Waals surface area contributed by atoms with Gasteiger partial charge in [0.25, 0.3) is 0 Å². The minimum Gasteiger partial charge on any atom is -0.274 e. The lowest BCUT2D eigenvalue weighted by atomic mass is 11.3. The molecule has 0 aromatic rings. The molecule has 2 heteroatoms. The van der Waals surface area contributed by atoms with Crippen molar-refractivity contribution in [2.24, 2.45) is 11.7 Å². The van der Waals surface area contributed by atoms with E-state index in [1.807, 2.05) is 0 Å². The predicted molar refractivity (Wildman–Crippen MR) is 42.1 cm³/mol. The van der Waals surface area contributed by atoms with Crippen molar-refractivity contribution < 1.29 is 0 Å². The largest absolute Gasteiger partial charge is 0.274 e. The number of hydrazine groups is 1. The van der Waals surface area contributed by atoms with E-state index in [0.717, 1.165) is 0 Å². The van der Waals surface area contributed by atoms with Crippen LogP contribution in [0.5, 0.6) is 0 Å². The van der Waals surface area contributed by atoms with Gasteiger partial charge in [-0.05, 0) is 0 Å². The van der Waals surface area contributed by atoms with Gasteiger partial charge in [0.2, 0.25) is 0 Å².